The van der Waals surface area contributed by atoms with Crippen LogP contribution in [0, 0.1) is 6.92 Å². The molecule has 10 heavy (non-hydrogen) atoms. The summed E-state index contributed by atoms with van der Waals surface area (Å²) in [6.07, 6.45) is 1.14. The van der Waals surface area contributed by atoms with Gasteiger partial charge in [0.25, 0.3) is 0 Å². The predicted octanol–water partition coefficient (Wildman–Crippen LogP) is 3.56. The molecule has 0 radical (unpaired) electrons. The zero-order valence-corrected chi connectivity index (χ0v) is 8.58. The molecule has 1 aromatic rings. The van der Waals surface area contributed by atoms with Crippen molar-refractivity contribution in [3.05, 3.63) is 15.8 Å². The van der Waals surface area contributed by atoms with Gasteiger partial charge in [-0.2, -0.15) is 0 Å². The molecule has 0 saturated carbocycles. The molecule has 0 N–H and O–H groups in total. The summed E-state index contributed by atoms with van der Waals surface area (Å²) in [6, 6.07) is 0. The van der Waals surface area contributed by atoms with Crippen molar-refractivity contribution < 1.29 is 0 Å². The van der Waals surface area contributed by atoms with Crippen molar-refractivity contribution in [3.63, 3.8) is 0 Å². The molecule has 0 aromatic carbocycles. The van der Waals surface area contributed by atoms with Crippen molar-refractivity contribution in [2.45, 2.75) is 25.2 Å². The van der Waals surface area contributed by atoms with Crippen LogP contribution in [0.3, 0.4) is 0 Å². The smallest absolute Gasteiger partial charge is 0.0319 e. The lowest BCUT2D eigenvalue weighted by atomic mass is 10.2. The van der Waals surface area contributed by atoms with Gasteiger partial charge in [0.15, 0.2) is 0 Å². The van der Waals surface area contributed by atoms with E-state index in [4.69, 9.17) is 0 Å². The summed E-state index contributed by atoms with van der Waals surface area (Å²) in [6.45, 7) is 4.35. The normalized spacial score (nSPS) is 10.3. The molecule has 0 fully saturated rings. The second-order valence-electron chi connectivity index (χ2n) is 2.09. The molecule has 0 aliphatic heterocycles. The summed E-state index contributed by atoms with van der Waals surface area (Å²) >= 11 is 5.99. The van der Waals surface area contributed by atoms with E-state index in [1.54, 1.807) is 0 Å². The van der Waals surface area contributed by atoms with Gasteiger partial charge in [-0.1, -0.05) is 17.7 Å². The number of rotatable bonds is 2. The van der Waals surface area contributed by atoms with Crippen molar-refractivity contribution in [1.29, 1.82) is 0 Å². The molecule has 0 atom stereocenters. The van der Waals surface area contributed by atoms with E-state index in [1.807, 2.05) is 11.3 Å². The molecule has 0 spiro atoms. The Morgan fingerprint density at radius 3 is 2.70 bits per heavy atom. The van der Waals surface area contributed by atoms with Crippen molar-refractivity contribution in [2.24, 2.45) is 0 Å². The van der Waals surface area contributed by atoms with Gasteiger partial charge in [-0.05, 0) is 18.9 Å². The van der Waals surface area contributed by atoms with Gasteiger partial charge in [-0.25, -0.2) is 0 Å². The molecular weight excluding hydrogens is 180 g/mol. The first kappa shape index (κ1) is 8.50. The molecule has 0 bridgehead atoms. The Hall–Kier alpha value is 0.400. The Labute approximate surface area is 74.8 Å². The molecule has 0 amide bonds. The lowest BCUT2D eigenvalue weighted by Crippen LogP contribution is -1.76. The first-order chi connectivity index (χ1) is 4.79. The fraction of sp³-hybridized carbons (Fsp3) is 0.429. The molecule has 0 saturated heterocycles. The van der Waals surface area contributed by atoms with Gasteiger partial charge in [0.2, 0.25) is 0 Å². The Morgan fingerprint density at radius 1 is 1.70 bits per heavy atom. The summed E-state index contributed by atoms with van der Waals surface area (Å²) in [7, 11) is 1.54. The van der Waals surface area contributed by atoms with E-state index in [2.05, 4.69) is 30.9 Å². The topological polar surface area (TPSA) is 0 Å². The Balaban J connectivity index is 2.97. The lowest BCUT2D eigenvalue weighted by Gasteiger charge is -1.93. The van der Waals surface area contributed by atoms with Gasteiger partial charge < -0.3 is 0 Å². The molecular formula is C7H10S3. The van der Waals surface area contributed by atoms with Crippen LogP contribution in [0.2, 0.25) is 0 Å². The largest absolute Gasteiger partial charge is 0.147 e. The fourth-order valence-electron chi connectivity index (χ4n) is 0.877. The maximum absolute atomic E-state index is 4.16. The number of hydrogen-bond acceptors (Lipinski definition) is 3. The third kappa shape index (κ3) is 1.52. The van der Waals surface area contributed by atoms with E-state index < -0.39 is 0 Å². The van der Waals surface area contributed by atoms with Crippen LogP contribution in [0.5, 0.6) is 0 Å². The van der Waals surface area contributed by atoms with E-state index >= 15 is 0 Å². The standard InChI is InChI=1S/C7H10S3/c1-3-6-5(2)7(10-8)4-9-6/h4,8H,3H2,1-2H3. The highest BCUT2D eigenvalue weighted by Crippen LogP contribution is 2.32. The Bertz CT molecular complexity index is 193. The molecule has 56 valence electrons. The minimum atomic E-state index is 1.14. The van der Waals surface area contributed by atoms with Crippen LogP contribution < -0.4 is 0 Å². The zero-order valence-electron chi connectivity index (χ0n) is 6.05. The summed E-state index contributed by atoms with van der Waals surface area (Å²) in [4.78, 5) is 2.79. The molecule has 0 aliphatic rings. The van der Waals surface area contributed by atoms with Gasteiger partial charge in [0.05, 0.1) is 0 Å². The number of thiol groups is 1. The Kier molecular flexibility index (Phi) is 3.14. The molecule has 0 aliphatic carbocycles. The van der Waals surface area contributed by atoms with Gasteiger partial charge in [-0.15, -0.1) is 23.0 Å². The molecule has 0 unspecified atom stereocenters. The van der Waals surface area contributed by atoms with Crippen molar-refractivity contribution in [1.82, 2.24) is 0 Å². The third-order valence-corrected chi connectivity index (χ3v) is 4.11. The number of hydrogen-bond donors (Lipinski definition) is 1. The molecule has 0 nitrogen and oxygen atoms in total. The maximum atomic E-state index is 4.16. The highest BCUT2D eigenvalue weighted by Gasteiger charge is 2.03. The van der Waals surface area contributed by atoms with Gasteiger partial charge in [-0.3, -0.25) is 0 Å². The Morgan fingerprint density at radius 2 is 2.40 bits per heavy atom. The van der Waals surface area contributed by atoms with Crippen LogP contribution in [0.25, 0.3) is 0 Å². The fourth-order valence-corrected chi connectivity index (χ4v) is 3.20. The number of aryl methyl sites for hydroxylation is 1. The molecule has 1 heterocycles. The first-order valence-corrected chi connectivity index (χ1v) is 5.92. The van der Waals surface area contributed by atoms with E-state index in [0.717, 1.165) is 6.42 Å². The molecule has 1 aromatic heterocycles. The van der Waals surface area contributed by atoms with E-state index in [1.165, 1.54) is 26.1 Å². The summed E-state index contributed by atoms with van der Waals surface area (Å²) in [5.74, 6) is 0. The predicted molar refractivity (Wildman–Crippen MR) is 53.3 cm³/mol. The maximum Gasteiger partial charge on any atom is 0.0319 e. The van der Waals surface area contributed by atoms with E-state index in [9.17, 15) is 0 Å². The van der Waals surface area contributed by atoms with E-state index in [-0.39, 0.29) is 0 Å². The monoisotopic (exact) mass is 190 g/mol. The number of thiophene rings is 1. The van der Waals surface area contributed by atoms with Gasteiger partial charge in [0, 0.05) is 15.2 Å². The zero-order chi connectivity index (χ0) is 7.56. The van der Waals surface area contributed by atoms with Crippen LogP contribution in [0.4, 0.5) is 0 Å². The first-order valence-electron chi connectivity index (χ1n) is 3.18. The van der Waals surface area contributed by atoms with Crippen molar-refractivity contribution in [3.8, 4) is 0 Å². The van der Waals surface area contributed by atoms with Crippen LogP contribution in [0.15, 0.2) is 10.3 Å². The van der Waals surface area contributed by atoms with Gasteiger partial charge >= 0.3 is 0 Å². The lowest BCUT2D eigenvalue weighted by molar-refractivity contribution is 1.14. The highest BCUT2D eigenvalue weighted by atomic mass is 33.1. The average molecular weight is 190 g/mol. The average Bonchev–Trinajstić information content (AvgIpc) is 2.30. The van der Waals surface area contributed by atoms with Crippen molar-refractivity contribution >= 4 is 33.8 Å². The van der Waals surface area contributed by atoms with Crippen molar-refractivity contribution in [2.75, 3.05) is 0 Å². The molecule has 3 heteroatoms. The van der Waals surface area contributed by atoms with Crippen LogP contribution in [-0.4, -0.2) is 0 Å². The van der Waals surface area contributed by atoms with Crippen LogP contribution in [0.1, 0.15) is 17.4 Å². The molecule has 1 rings (SSSR count). The minimum absolute atomic E-state index is 1.14. The quantitative estimate of drug-likeness (QED) is 0.549. The second kappa shape index (κ2) is 3.69. The highest BCUT2D eigenvalue weighted by molar-refractivity contribution is 8.68. The van der Waals surface area contributed by atoms with Crippen LogP contribution >= 0.6 is 33.8 Å². The SMILES string of the molecule is CCc1scc(SS)c1C. The van der Waals surface area contributed by atoms with Crippen LogP contribution in [-0.2, 0) is 6.42 Å². The summed E-state index contributed by atoms with van der Waals surface area (Å²) in [5.41, 5.74) is 1.41. The van der Waals surface area contributed by atoms with Gasteiger partial charge in [0.1, 0.15) is 0 Å². The third-order valence-electron chi connectivity index (χ3n) is 1.52. The summed E-state index contributed by atoms with van der Waals surface area (Å²) in [5, 5.41) is 2.17. The summed E-state index contributed by atoms with van der Waals surface area (Å²) < 4.78 is 0. The second-order valence-corrected chi connectivity index (χ2v) is 4.23. The van der Waals surface area contributed by atoms with E-state index in [0.29, 0.717) is 0 Å². The minimum Gasteiger partial charge on any atom is -0.147 e.